The van der Waals surface area contributed by atoms with Gasteiger partial charge in [-0.1, -0.05) is 6.07 Å². The van der Waals surface area contributed by atoms with Crippen LogP contribution in [0.1, 0.15) is 24.9 Å². The van der Waals surface area contributed by atoms with E-state index >= 15 is 0 Å². The van der Waals surface area contributed by atoms with Gasteiger partial charge in [0.15, 0.2) is 11.5 Å². The third-order valence-corrected chi connectivity index (χ3v) is 4.64. The summed E-state index contributed by atoms with van der Waals surface area (Å²) in [6, 6.07) is 6.19. The molecule has 27 heavy (non-hydrogen) atoms. The second kappa shape index (κ2) is 7.26. The van der Waals surface area contributed by atoms with E-state index in [9.17, 15) is 0 Å². The van der Waals surface area contributed by atoms with E-state index in [0.717, 1.165) is 34.9 Å². The maximum Gasteiger partial charge on any atom is 0.224 e. The highest BCUT2D eigenvalue weighted by molar-refractivity contribution is 5.55. The molecule has 1 aliphatic heterocycles. The van der Waals surface area contributed by atoms with Gasteiger partial charge < -0.3 is 18.9 Å². The summed E-state index contributed by atoms with van der Waals surface area (Å²) in [5.41, 5.74) is 2.01. The van der Waals surface area contributed by atoms with E-state index in [2.05, 4.69) is 38.6 Å². The summed E-state index contributed by atoms with van der Waals surface area (Å²) >= 11 is 0. The van der Waals surface area contributed by atoms with Gasteiger partial charge in [-0.3, -0.25) is 0 Å². The van der Waals surface area contributed by atoms with Gasteiger partial charge in [0.05, 0.1) is 24.8 Å². The van der Waals surface area contributed by atoms with E-state index < -0.39 is 0 Å². The average molecular weight is 365 g/mol. The zero-order chi connectivity index (χ0) is 18.8. The highest BCUT2D eigenvalue weighted by Gasteiger charge is 2.18. The molecule has 0 fully saturated rings. The molecule has 1 aliphatic rings. The largest absolute Gasteiger partial charge is 0.490 e. The topological polar surface area (TPSA) is 65.3 Å². The van der Waals surface area contributed by atoms with Gasteiger partial charge in [0.2, 0.25) is 5.95 Å². The van der Waals surface area contributed by atoms with E-state index in [1.807, 2.05) is 43.7 Å². The molecule has 4 rings (SSSR count). The molecular formula is C20H23N5O2. The zero-order valence-electron chi connectivity index (χ0n) is 15.8. The van der Waals surface area contributed by atoms with Crippen molar-refractivity contribution in [3.63, 3.8) is 0 Å². The van der Waals surface area contributed by atoms with Crippen LogP contribution >= 0.6 is 0 Å². The van der Waals surface area contributed by atoms with Crippen LogP contribution in [0.4, 0.5) is 5.95 Å². The third-order valence-electron chi connectivity index (χ3n) is 4.64. The summed E-state index contributed by atoms with van der Waals surface area (Å²) < 4.78 is 13.7. The molecule has 0 bridgehead atoms. The number of aromatic nitrogens is 4. The number of imidazole rings is 1. The second-order valence-electron chi connectivity index (χ2n) is 6.76. The fraction of sp³-hybridized carbons (Fsp3) is 0.350. The smallest absolute Gasteiger partial charge is 0.224 e. The molecule has 2 aromatic heterocycles. The van der Waals surface area contributed by atoms with Gasteiger partial charge in [-0.2, -0.15) is 0 Å². The van der Waals surface area contributed by atoms with Crippen molar-refractivity contribution in [1.82, 2.24) is 19.5 Å². The molecule has 3 heterocycles. The molecule has 0 spiro atoms. The lowest BCUT2D eigenvalue weighted by molar-refractivity contribution is 0.297. The van der Waals surface area contributed by atoms with E-state index in [-0.39, 0.29) is 6.04 Å². The maximum atomic E-state index is 5.83. The van der Waals surface area contributed by atoms with E-state index in [1.54, 1.807) is 6.20 Å². The summed E-state index contributed by atoms with van der Waals surface area (Å²) in [6.45, 7) is 3.51. The molecule has 0 saturated heterocycles. The molecule has 0 saturated carbocycles. The van der Waals surface area contributed by atoms with Gasteiger partial charge in [0, 0.05) is 45.3 Å². The predicted molar refractivity (Wildman–Crippen MR) is 103 cm³/mol. The Hall–Kier alpha value is -3.09. The van der Waals surface area contributed by atoms with Gasteiger partial charge in [0.1, 0.15) is 5.82 Å². The van der Waals surface area contributed by atoms with Crippen LogP contribution in [0.2, 0.25) is 0 Å². The Balaban J connectivity index is 1.65. The summed E-state index contributed by atoms with van der Waals surface area (Å²) in [5, 5.41) is 0. The maximum absolute atomic E-state index is 5.83. The lowest BCUT2D eigenvalue weighted by Gasteiger charge is -2.18. The summed E-state index contributed by atoms with van der Waals surface area (Å²) in [7, 11) is 3.84. The molecule has 7 nitrogen and oxygen atoms in total. The standard InChI is InChI=1S/C20H23N5O2/c1-14(15-5-6-17-18(11-15)27-10-4-9-26-17)25-8-7-21-19(25)16-12-22-20(23-13-16)24(2)3/h5-8,11-14H,4,9-10H2,1-3H3. The van der Waals surface area contributed by atoms with Crippen molar-refractivity contribution in [2.75, 3.05) is 32.2 Å². The average Bonchev–Trinajstić information content (AvgIpc) is 3.06. The summed E-state index contributed by atoms with van der Waals surface area (Å²) in [6.07, 6.45) is 8.29. The van der Waals surface area contributed by atoms with Crippen molar-refractivity contribution in [2.24, 2.45) is 0 Å². The highest BCUT2D eigenvalue weighted by atomic mass is 16.5. The summed E-state index contributed by atoms with van der Waals surface area (Å²) in [5.74, 6) is 3.12. The van der Waals surface area contributed by atoms with Crippen LogP contribution < -0.4 is 14.4 Å². The molecule has 140 valence electrons. The van der Waals surface area contributed by atoms with Gasteiger partial charge >= 0.3 is 0 Å². The fourth-order valence-electron chi connectivity index (χ4n) is 3.12. The number of rotatable bonds is 4. The highest BCUT2D eigenvalue weighted by Crippen LogP contribution is 2.34. The molecule has 1 atom stereocenters. The van der Waals surface area contributed by atoms with Crippen molar-refractivity contribution in [3.05, 3.63) is 48.5 Å². The lowest BCUT2D eigenvalue weighted by atomic mass is 10.1. The van der Waals surface area contributed by atoms with Crippen molar-refractivity contribution in [3.8, 4) is 22.9 Å². The van der Waals surface area contributed by atoms with Crippen molar-refractivity contribution in [1.29, 1.82) is 0 Å². The van der Waals surface area contributed by atoms with Crippen LogP contribution in [0.25, 0.3) is 11.4 Å². The first-order valence-electron chi connectivity index (χ1n) is 9.05. The number of fused-ring (bicyclic) bond motifs is 1. The van der Waals surface area contributed by atoms with Crippen LogP contribution in [0.3, 0.4) is 0 Å². The van der Waals surface area contributed by atoms with Gasteiger partial charge in [0.25, 0.3) is 0 Å². The Kier molecular flexibility index (Phi) is 4.66. The SMILES string of the molecule is CC(c1ccc2c(c1)OCCCO2)n1ccnc1-c1cnc(N(C)C)nc1. The minimum absolute atomic E-state index is 0.0770. The Labute approximate surface area is 158 Å². The van der Waals surface area contributed by atoms with Crippen LogP contribution in [0.15, 0.2) is 43.0 Å². The zero-order valence-corrected chi connectivity index (χ0v) is 15.8. The van der Waals surface area contributed by atoms with E-state index in [1.165, 1.54) is 0 Å². The minimum atomic E-state index is 0.0770. The van der Waals surface area contributed by atoms with Gasteiger partial charge in [-0.05, 0) is 24.6 Å². The van der Waals surface area contributed by atoms with Crippen molar-refractivity contribution in [2.45, 2.75) is 19.4 Å². The minimum Gasteiger partial charge on any atom is -0.490 e. The Morgan fingerprint density at radius 1 is 1.04 bits per heavy atom. The summed E-state index contributed by atoms with van der Waals surface area (Å²) in [4.78, 5) is 15.2. The van der Waals surface area contributed by atoms with Crippen molar-refractivity contribution < 1.29 is 9.47 Å². The van der Waals surface area contributed by atoms with Crippen LogP contribution in [0, 0.1) is 0 Å². The number of ether oxygens (including phenoxy) is 2. The lowest BCUT2D eigenvalue weighted by Crippen LogP contribution is -2.13. The third kappa shape index (κ3) is 3.45. The van der Waals surface area contributed by atoms with Gasteiger partial charge in [-0.15, -0.1) is 0 Å². The Morgan fingerprint density at radius 2 is 1.78 bits per heavy atom. The monoisotopic (exact) mass is 365 g/mol. The number of hydrogen-bond acceptors (Lipinski definition) is 6. The molecule has 0 radical (unpaired) electrons. The molecule has 1 unspecified atom stereocenters. The van der Waals surface area contributed by atoms with Crippen LogP contribution in [-0.4, -0.2) is 46.8 Å². The first-order chi connectivity index (χ1) is 13.1. The Morgan fingerprint density at radius 3 is 2.52 bits per heavy atom. The number of anilines is 1. The predicted octanol–water partition coefficient (Wildman–Crippen LogP) is 3.18. The van der Waals surface area contributed by atoms with E-state index in [0.29, 0.717) is 19.2 Å². The van der Waals surface area contributed by atoms with Crippen LogP contribution in [0.5, 0.6) is 11.5 Å². The Bertz CT molecular complexity index is 920. The van der Waals surface area contributed by atoms with Crippen molar-refractivity contribution >= 4 is 5.95 Å². The first-order valence-corrected chi connectivity index (χ1v) is 9.05. The molecule has 0 amide bonds. The molecule has 7 heteroatoms. The molecular weight excluding hydrogens is 342 g/mol. The number of hydrogen-bond donors (Lipinski definition) is 0. The fourth-order valence-corrected chi connectivity index (χ4v) is 3.12. The first kappa shape index (κ1) is 17.3. The van der Waals surface area contributed by atoms with Crippen LogP contribution in [-0.2, 0) is 0 Å². The molecule has 0 N–H and O–H groups in total. The molecule has 1 aromatic carbocycles. The number of benzene rings is 1. The molecule has 3 aromatic rings. The van der Waals surface area contributed by atoms with Gasteiger partial charge in [-0.25, -0.2) is 15.0 Å². The normalized spacial score (nSPS) is 14.5. The number of nitrogens with zero attached hydrogens (tertiary/aromatic N) is 5. The second-order valence-corrected chi connectivity index (χ2v) is 6.76. The molecule has 0 aliphatic carbocycles. The quantitative estimate of drug-likeness (QED) is 0.707. The van der Waals surface area contributed by atoms with E-state index in [4.69, 9.17) is 9.47 Å².